The van der Waals surface area contributed by atoms with Gasteiger partial charge >= 0.3 is 17.7 Å². The number of carboxylic acids is 1. The molecule has 66 heavy (non-hydrogen) atoms. The van der Waals surface area contributed by atoms with Crippen LogP contribution in [-0.2, 0) is 46.3 Å². The lowest BCUT2D eigenvalue weighted by molar-refractivity contribution is -0.387. The van der Waals surface area contributed by atoms with Gasteiger partial charge in [0, 0.05) is 49.1 Å². The summed E-state index contributed by atoms with van der Waals surface area (Å²) in [6.45, 7) is -1.82. The number of alkyl carbamates (subject to hydrolysis) is 1. The van der Waals surface area contributed by atoms with Gasteiger partial charge in [0.2, 0.25) is 12.1 Å². The lowest BCUT2D eigenvalue weighted by Gasteiger charge is -2.42. The number of Topliss-reactive ketones (excluding diaryl/α,β-unsaturated/α-hetero) is 1. The van der Waals surface area contributed by atoms with Crippen LogP contribution in [0.2, 0.25) is 0 Å². The zero-order chi connectivity index (χ0) is 48.1. The Balaban J connectivity index is 1.10. The summed E-state index contributed by atoms with van der Waals surface area (Å²) in [4.78, 5) is 76.4. The number of nitrogens with zero attached hydrogens (tertiary/aromatic N) is 1. The number of hydrogen-bond acceptors (Lipinski definition) is 22. The van der Waals surface area contributed by atoms with Crippen LogP contribution in [0.1, 0.15) is 67.5 Å². The first-order valence-electron chi connectivity index (χ1n) is 19.8. The van der Waals surface area contributed by atoms with Crippen molar-refractivity contribution in [3.63, 3.8) is 0 Å². The predicted molar refractivity (Wildman–Crippen MR) is 210 cm³/mol. The lowest BCUT2D eigenvalue weighted by atomic mass is 9.72. The summed E-state index contributed by atoms with van der Waals surface area (Å²) in [5.74, 6) is -6.95. The smallest absolute Gasteiger partial charge is 0.407 e. The Kier molecular flexibility index (Phi) is 13.3. The van der Waals surface area contributed by atoms with Gasteiger partial charge in [-0.05, 0) is 17.7 Å². The summed E-state index contributed by atoms with van der Waals surface area (Å²) < 4.78 is 38.0. The monoisotopic (exact) mass is 930 g/mol. The number of ether oxygens (including phenoxy) is 7. The molecule has 0 spiro atoms. The number of fused-ring (bicyclic) bond motifs is 3. The molecule has 2 saturated heterocycles. The Morgan fingerprint density at radius 2 is 1.62 bits per heavy atom. The molecule has 3 aromatic rings. The number of nitro benzene ring substituents is 1. The number of benzene rings is 3. The number of hydrogen-bond donors (Lipinski definition) is 10. The molecule has 11 atom stereocenters. The normalized spacial score (nSPS) is 29.2. The van der Waals surface area contributed by atoms with Crippen molar-refractivity contribution in [1.29, 1.82) is 0 Å². The van der Waals surface area contributed by atoms with E-state index in [-0.39, 0.29) is 33.6 Å². The van der Waals surface area contributed by atoms with E-state index in [4.69, 9.17) is 33.2 Å². The predicted octanol–water partition coefficient (Wildman–Crippen LogP) is -1.27. The molecule has 0 aromatic heterocycles. The highest BCUT2D eigenvalue weighted by molar-refractivity contribution is 6.31. The highest BCUT2D eigenvalue weighted by Crippen LogP contribution is 2.52. The van der Waals surface area contributed by atoms with Crippen LogP contribution in [0.15, 0.2) is 36.4 Å². The standard InChI is InChI=1S/C41H42N2O23/c1-60-20-5-3-4-15-24(20)31(49)27-26(28(15)46)29(47)16-10-41(57,22(45)12-44)11-21(25(16)32(27)50)63-23-9-17(30(48)38(61-2)65-23)42-40(56)62-13-14-6-7-19(18(8-14)43(58)59)64-39-35(53)33(51)34(52)36(66-39)37(54)55/h3-8,17,21,23,30,33-36,38-39,44,47-48,50-53,57H,9-13H2,1-2H3,(H,42,56)(H,54,55)/t17?,21?,23?,30?,33?,34?,35?,36?,38?,39?,41-/m0/s1. The molecule has 7 rings (SSSR count). The largest absolute Gasteiger partial charge is 0.507 e. The van der Waals surface area contributed by atoms with Crippen LogP contribution in [0.4, 0.5) is 10.5 Å². The molecule has 1 amide bonds. The van der Waals surface area contributed by atoms with Gasteiger partial charge in [0.15, 0.2) is 36.0 Å². The number of phenolic OH excluding ortho intramolecular Hbond substituents is 2. The van der Waals surface area contributed by atoms with E-state index in [0.717, 1.165) is 19.2 Å². The molecular weight excluding hydrogens is 888 g/mol. The minimum absolute atomic E-state index is 0.00933. The first-order valence-corrected chi connectivity index (χ1v) is 19.8. The molecule has 2 fully saturated rings. The number of aliphatic hydroxyl groups excluding tert-OH is 5. The minimum Gasteiger partial charge on any atom is -0.507 e. The summed E-state index contributed by atoms with van der Waals surface area (Å²) in [5, 5.41) is 110. The topological polar surface area (TPSA) is 387 Å². The first kappa shape index (κ1) is 47.6. The van der Waals surface area contributed by atoms with Gasteiger partial charge in [-0.2, -0.15) is 0 Å². The molecule has 0 bridgehead atoms. The number of ketones is 3. The van der Waals surface area contributed by atoms with Gasteiger partial charge in [0.25, 0.3) is 0 Å². The van der Waals surface area contributed by atoms with E-state index in [1.54, 1.807) is 0 Å². The third kappa shape index (κ3) is 8.47. The Bertz CT molecular complexity index is 2480. The average molecular weight is 931 g/mol. The van der Waals surface area contributed by atoms with Gasteiger partial charge in [-0.3, -0.25) is 24.5 Å². The SMILES string of the molecule is COc1cccc2c1C(=O)c1c(O)c3c(c(O)c1C2=O)C[C@@](O)(C(=O)CO)CC3OC1CC(NC(=O)OCc2ccc(OC3OC(C(=O)O)C(O)C(O)C3O)c([N+](=O)[O-])c2)C(O)C(OC)O1. The van der Waals surface area contributed by atoms with Gasteiger partial charge in [-0.1, -0.05) is 18.2 Å². The zero-order valence-electron chi connectivity index (χ0n) is 34.5. The molecule has 25 nitrogen and oxygen atoms in total. The van der Waals surface area contributed by atoms with E-state index in [9.17, 15) is 80.0 Å². The van der Waals surface area contributed by atoms with Crippen LogP contribution in [0, 0.1) is 10.1 Å². The molecule has 2 aliphatic carbocycles. The summed E-state index contributed by atoms with van der Waals surface area (Å²) in [7, 11) is 2.38. The van der Waals surface area contributed by atoms with Crippen LogP contribution in [0.25, 0.3) is 0 Å². The molecule has 25 heteroatoms. The van der Waals surface area contributed by atoms with Crippen molar-refractivity contribution < 1.29 is 108 Å². The fourth-order valence-corrected chi connectivity index (χ4v) is 8.34. The number of nitrogens with one attached hydrogen (secondary N) is 1. The summed E-state index contributed by atoms with van der Waals surface area (Å²) >= 11 is 0. The minimum atomic E-state index is -2.48. The van der Waals surface area contributed by atoms with Crippen LogP contribution >= 0.6 is 0 Å². The molecule has 4 aliphatic rings. The maximum absolute atomic E-state index is 14.0. The number of methoxy groups -OCH3 is 2. The van der Waals surface area contributed by atoms with Crippen LogP contribution in [0.5, 0.6) is 23.0 Å². The maximum atomic E-state index is 14.0. The second-order valence-electron chi connectivity index (χ2n) is 15.6. The summed E-state index contributed by atoms with van der Waals surface area (Å²) in [5.41, 5.74) is -5.60. The molecule has 354 valence electrons. The van der Waals surface area contributed by atoms with E-state index in [2.05, 4.69) is 5.32 Å². The van der Waals surface area contributed by atoms with Crippen LogP contribution < -0.4 is 14.8 Å². The fourth-order valence-electron chi connectivity index (χ4n) is 8.34. The van der Waals surface area contributed by atoms with Crippen molar-refractivity contribution in [2.75, 3.05) is 20.8 Å². The number of aliphatic carboxylic acids is 1. The number of nitro groups is 1. The van der Waals surface area contributed by atoms with E-state index < -0.39 is 168 Å². The third-order valence-corrected chi connectivity index (χ3v) is 11.7. The van der Waals surface area contributed by atoms with Gasteiger partial charge in [0.1, 0.15) is 60.5 Å². The molecule has 2 aliphatic heterocycles. The number of phenols is 2. The molecule has 2 heterocycles. The van der Waals surface area contributed by atoms with E-state index in [1.165, 1.54) is 31.4 Å². The second kappa shape index (κ2) is 18.5. The van der Waals surface area contributed by atoms with Crippen molar-refractivity contribution in [3.8, 4) is 23.0 Å². The van der Waals surface area contributed by atoms with Crippen molar-refractivity contribution in [2.24, 2.45) is 0 Å². The van der Waals surface area contributed by atoms with Crippen LogP contribution in [-0.4, -0.2) is 162 Å². The van der Waals surface area contributed by atoms with Gasteiger partial charge in [-0.25, -0.2) is 9.59 Å². The fraction of sp³-hybridized carbons (Fsp3) is 0.439. The third-order valence-electron chi connectivity index (χ3n) is 11.7. The van der Waals surface area contributed by atoms with Gasteiger partial charge < -0.3 is 84.4 Å². The van der Waals surface area contributed by atoms with Crippen molar-refractivity contribution in [2.45, 2.75) is 93.0 Å². The first-order chi connectivity index (χ1) is 31.2. The second-order valence-corrected chi connectivity index (χ2v) is 15.6. The molecule has 10 unspecified atom stereocenters. The Morgan fingerprint density at radius 1 is 0.909 bits per heavy atom. The van der Waals surface area contributed by atoms with E-state index in [1.807, 2.05) is 0 Å². The van der Waals surface area contributed by atoms with Gasteiger partial charge in [-0.15, -0.1) is 0 Å². The number of aliphatic hydroxyl groups is 6. The Morgan fingerprint density at radius 3 is 2.27 bits per heavy atom. The quantitative estimate of drug-likeness (QED) is 0.0424. The highest BCUT2D eigenvalue weighted by atomic mass is 16.8. The molecule has 0 saturated carbocycles. The Hall–Kier alpha value is -6.39. The summed E-state index contributed by atoms with van der Waals surface area (Å²) in [6.07, 6.45) is -19.7. The van der Waals surface area contributed by atoms with Crippen molar-refractivity contribution >= 4 is 35.1 Å². The number of amides is 1. The maximum Gasteiger partial charge on any atom is 0.407 e. The highest BCUT2D eigenvalue weighted by Gasteiger charge is 2.52. The average Bonchev–Trinajstić information content (AvgIpc) is 3.28. The molecule has 10 N–H and O–H groups in total. The van der Waals surface area contributed by atoms with Crippen LogP contribution in [0.3, 0.4) is 0 Å². The molecule has 3 aromatic carbocycles. The number of carbonyl (C=O) groups excluding carboxylic acids is 4. The lowest BCUT2D eigenvalue weighted by Crippen LogP contribution is -2.61. The number of carbonyl (C=O) groups is 5. The Labute approximate surface area is 370 Å². The summed E-state index contributed by atoms with van der Waals surface area (Å²) in [6, 6.07) is 5.89. The zero-order valence-corrected chi connectivity index (χ0v) is 34.5. The van der Waals surface area contributed by atoms with E-state index >= 15 is 0 Å². The number of carboxylic acid groups (broad SMARTS) is 1. The molecular formula is C41H42N2O23. The molecule has 0 radical (unpaired) electrons. The van der Waals surface area contributed by atoms with Gasteiger partial charge in [0.05, 0.1) is 40.9 Å². The number of aromatic hydroxyl groups is 2. The van der Waals surface area contributed by atoms with Crippen molar-refractivity contribution in [1.82, 2.24) is 5.32 Å². The van der Waals surface area contributed by atoms with Crippen molar-refractivity contribution in [3.05, 3.63) is 85.5 Å². The van der Waals surface area contributed by atoms with E-state index in [0.29, 0.717) is 0 Å². The number of rotatable bonds is 13.